The molecular formula is C15H23F5O2. The molecule has 0 saturated heterocycles. The average molecular weight is 330 g/mol. The van der Waals surface area contributed by atoms with Crippen LogP contribution in [0.1, 0.15) is 58.3 Å². The van der Waals surface area contributed by atoms with Gasteiger partial charge in [-0.3, -0.25) is 0 Å². The van der Waals surface area contributed by atoms with Crippen molar-refractivity contribution >= 4 is 0 Å². The topological polar surface area (TPSA) is 29.5 Å². The van der Waals surface area contributed by atoms with Crippen molar-refractivity contribution in [3.63, 3.8) is 0 Å². The number of alkyl halides is 4. The molecule has 1 aliphatic carbocycles. The van der Waals surface area contributed by atoms with Gasteiger partial charge in [0.2, 0.25) is 5.76 Å². The van der Waals surface area contributed by atoms with Gasteiger partial charge in [-0.2, -0.15) is 17.6 Å². The van der Waals surface area contributed by atoms with E-state index in [1.807, 2.05) is 0 Å². The van der Waals surface area contributed by atoms with Crippen LogP contribution < -0.4 is 0 Å². The third kappa shape index (κ3) is 4.12. The maximum Gasteiger partial charge on any atom is 0.371 e. The molecule has 0 bridgehead atoms. The van der Waals surface area contributed by atoms with Crippen molar-refractivity contribution in [2.75, 3.05) is 6.61 Å². The van der Waals surface area contributed by atoms with Crippen LogP contribution in [-0.2, 0) is 4.74 Å². The third-order valence-electron chi connectivity index (χ3n) is 3.75. The van der Waals surface area contributed by atoms with E-state index in [2.05, 4.69) is 11.7 Å². The van der Waals surface area contributed by atoms with Gasteiger partial charge in [-0.1, -0.05) is 51.9 Å². The summed E-state index contributed by atoms with van der Waals surface area (Å²) >= 11 is 0. The Labute approximate surface area is 127 Å². The second kappa shape index (κ2) is 8.13. The van der Waals surface area contributed by atoms with E-state index in [1.165, 1.54) is 6.42 Å². The Morgan fingerprint density at radius 3 is 1.91 bits per heavy atom. The van der Waals surface area contributed by atoms with E-state index in [0.29, 0.717) is 12.8 Å². The lowest BCUT2D eigenvalue weighted by molar-refractivity contribution is -0.224. The highest BCUT2D eigenvalue weighted by atomic mass is 19.3. The van der Waals surface area contributed by atoms with Crippen LogP contribution in [0.4, 0.5) is 22.0 Å². The number of rotatable bonds is 10. The summed E-state index contributed by atoms with van der Waals surface area (Å²) in [4.78, 5) is 0. The molecule has 22 heavy (non-hydrogen) atoms. The minimum Gasteiger partial charge on any atom is -0.489 e. The number of hydrogen-bond acceptors (Lipinski definition) is 2. The second-order valence-electron chi connectivity index (χ2n) is 5.60. The molecule has 1 N–H and O–H groups in total. The molecule has 1 rings (SSSR count). The van der Waals surface area contributed by atoms with Crippen LogP contribution >= 0.6 is 0 Å². The lowest BCUT2D eigenvalue weighted by atomic mass is 10.1. The second-order valence-corrected chi connectivity index (χ2v) is 5.60. The first-order chi connectivity index (χ1) is 10.3. The molecule has 2 nitrogen and oxygen atoms in total. The number of allylic oxidation sites excluding steroid dienone is 1. The van der Waals surface area contributed by atoms with Gasteiger partial charge in [0.15, 0.2) is 11.9 Å². The number of aliphatic hydroxyl groups excluding tert-OH is 1. The summed E-state index contributed by atoms with van der Waals surface area (Å²) < 4.78 is 70.4. The van der Waals surface area contributed by atoms with Gasteiger partial charge < -0.3 is 9.84 Å². The summed E-state index contributed by atoms with van der Waals surface area (Å²) in [6.45, 7) is 1.85. The molecule has 0 aromatic rings. The minimum atomic E-state index is -4.87. The van der Waals surface area contributed by atoms with Gasteiger partial charge in [0.25, 0.3) is 0 Å². The van der Waals surface area contributed by atoms with Crippen LogP contribution in [0.2, 0.25) is 0 Å². The summed E-state index contributed by atoms with van der Waals surface area (Å²) in [6, 6.07) is 0. The molecule has 130 valence electrons. The number of halogens is 5. The Balaban J connectivity index is 2.28. The van der Waals surface area contributed by atoms with E-state index in [1.54, 1.807) is 0 Å². The average Bonchev–Trinajstić information content (AvgIpc) is 2.57. The number of unbranched alkanes of at least 4 members (excludes halogenated alkanes) is 7. The first-order valence-electron chi connectivity index (χ1n) is 7.73. The lowest BCUT2D eigenvalue weighted by Gasteiger charge is -2.22. The third-order valence-corrected chi connectivity index (χ3v) is 3.75. The Kier molecular flexibility index (Phi) is 7.09. The van der Waals surface area contributed by atoms with Crippen LogP contribution in [0, 0.1) is 0 Å². The van der Waals surface area contributed by atoms with Crippen molar-refractivity contribution in [1.29, 1.82) is 0 Å². The summed E-state index contributed by atoms with van der Waals surface area (Å²) in [5, 5.41) is 8.83. The van der Waals surface area contributed by atoms with Crippen molar-refractivity contribution < 1.29 is 31.8 Å². The van der Waals surface area contributed by atoms with E-state index in [9.17, 15) is 22.0 Å². The van der Waals surface area contributed by atoms with Crippen LogP contribution in [0.5, 0.6) is 0 Å². The van der Waals surface area contributed by atoms with Crippen molar-refractivity contribution in [3.8, 4) is 0 Å². The highest BCUT2D eigenvalue weighted by molar-refractivity contribution is 5.29. The van der Waals surface area contributed by atoms with Gasteiger partial charge in [-0.25, -0.2) is 4.39 Å². The maximum absolute atomic E-state index is 13.3. The number of hydrogen-bond donors (Lipinski definition) is 1. The molecule has 0 saturated carbocycles. The van der Waals surface area contributed by atoms with Gasteiger partial charge in [0.1, 0.15) is 0 Å². The van der Waals surface area contributed by atoms with Crippen LogP contribution in [0.15, 0.2) is 11.6 Å². The van der Waals surface area contributed by atoms with E-state index in [0.717, 1.165) is 32.1 Å². The molecule has 0 aliphatic heterocycles. The van der Waals surface area contributed by atoms with Gasteiger partial charge in [-0.15, -0.1) is 0 Å². The Bertz CT molecular complexity index is 382. The zero-order chi connectivity index (χ0) is 16.8. The van der Waals surface area contributed by atoms with E-state index in [4.69, 9.17) is 5.11 Å². The zero-order valence-electron chi connectivity index (χ0n) is 12.7. The highest BCUT2D eigenvalue weighted by Gasteiger charge is 2.72. The monoisotopic (exact) mass is 330 g/mol. The molecular weight excluding hydrogens is 307 g/mol. The summed E-state index contributed by atoms with van der Waals surface area (Å²) in [5.74, 6) is -13.4. The van der Waals surface area contributed by atoms with Crippen molar-refractivity contribution in [3.05, 3.63) is 11.6 Å². The fourth-order valence-electron chi connectivity index (χ4n) is 2.33. The molecule has 7 heteroatoms. The predicted molar refractivity (Wildman–Crippen MR) is 72.6 cm³/mol. The maximum atomic E-state index is 13.3. The Hall–Kier alpha value is -0.850. The van der Waals surface area contributed by atoms with Gasteiger partial charge in [-0.05, 0) is 6.42 Å². The normalized spacial score (nSPS) is 23.1. The van der Waals surface area contributed by atoms with Crippen LogP contribution in [0.25, 0.3) is 0 Å². The highest BCUT2D eigenvalue weighted by Crippen LogP contribution is 2.51. The molecule has 0 aromatic heterocycles. The molecule has 1 unspecified atom stereocenters. The Morgan fingerprint density at radius 2 is 1.45 bits per heavy atom. The number of aliphatic hydroxyl groups is 1. The fourth-order valence-corrected chi connectivity index (χ4v) is 2.33. The van der Waals surface area contributed by atoms with Crippen LogP contribution in [-0.4, -0.2) is 29.7 Å². The first-order valence-corrected chi connectivity index (χ1v) is 7.73. The largest absolute Gasteiger partial charge is 0.489 e. The quantitative estimate of drug-likeness (QED) is 0.453. The van der Waals surface area contributed by atoms with E-state index >= 15 is 0 Å². The fraction of sp³-hybridized carbons (Fsp3) is 0.867. The van der Waals surface area contributed by atoms with E-state index in [-0.39, 0.29) is 6.61 Å². The molecule has 0 fully saturated rings. The van der Waals surface area contributed by atoms with Gasteiger partial charge >= 0.3 is 11.8 Å². The molecule has 0 heterocycles. The molecule has 1 aliphatic rings. The van der Waals surface area contributed by atoms with E-state index < -0.39 is 29.5 Å². The van der Waals surface area contributed by atoms with Crippen LogP contribution in [0.3, 0.4) is 0 Å². The van der Waals surface area contributed by atoms with Gasteiger partial charge in [0, 0.05) is 0 Å². The summed E-state index contributed by atoms with van der Waals surface area (Å²) in [7, 11) is 0. The van der Waals surface area contributed by atoms with Gasteiger partial charge in [0.05, 0.1) is 6.61 Å². The van der Waals surface area contributed by atoms with Crippen molar-refractivity contribution in [1.82, 2.24) is 0 Å². The smallest absolute Gasteiger partial charge is 0.371 e. The number of ether oxygens (including phenoxy) is 1. The summed E-state index contributed by atoms with van der Waals surface area (Å²) in [5.41, 5.74) is 0. The minimum absolute atomic E-state index is 0.268. The molecule has 0 radical (unpaired) electrons. The molecule has 0 spiro atoms. The lowest BCUT2D eigenvalue weighted by Crippen LogP contribution is -2.45. The molecule has 0 amide bonds. The molecule has 0 aromatic carbocycles. The van der Waals surface area contributed by atoms with Crippen molar-refractivity contribution in [2.24, 2.45) is 0 Å². The standard InChI is InChI=1S/C15H23F5O2/c1-2-3-4-5-6-7-8-9-10-22-13-11(16)12(21)14(17,18)15(13,19)20/h12,21H,2-10H2,1H3. The predicted octanol–water partition coefficient (Wildman–Crippen LogP) is 4.97. The summed E-state index contributed by atoms with van der Waals surface area (Å²) in [6.07, 6.45) is 4.44. The zero-order valence-corrected chi connectivity index (χ0v) is 12.7. The Morgan fingerprint density at radius 1 is 0.955 bits per heavy atom. The first kappa shape index (κ1) is 19.2. The van der Waals surface area contributed by atoms with Crippen molar-refractivity contribution in [2.45, 2.75) is 76.2 Å². The molecule has 1 atom stereocenters. The SMILES string of the molecule is CCCCCCCCCCOC1=C(F)C(O)C(F)(F)C1(F)F.